The summed E-state index contributed by atoms with van der Waals surface area (Å²) in [6, 6.07) is 22.3. The van der Waals surface area contributed by atoms with Gasteiger partial charge in [-0.3, -0.25) is 0 Å². The van der Waals surface area contributed by atoms with E-state index in [1.165, 1.54) is 53.7 Å². The molecule has 3 aromatic rings. The van der Waals surface area contributed by atoms with Crippen molar-refractivity contribution in [1.29, 1.82) is 0 Å². The zero-order valence-corrected chi connectivity index (χ0v) is 19.6. The summed E-state index contributed by atoms with van der Waals surface area (Å²) in [5.41, 5.74) is 8.55. The second kappa shape index (κ2) is 10.7. The molecular formula is C28H34ClN. The predicted octanol–water partition coefficient (Wildman–Crippen LogP) is 9.11. The highest BCUT2D eigenvalue weighted by Crippen LogP contribution is 2.39. The molecule has 0 bridgehead atoms. The molecule has 0 aliphatic rings. The Morgan fingerprint density at radius 1 is 0.700 bits per heavy atom. The summed E-state index contributed by atoms with van der Waals surface area (Å²) in [5, 5.41) is 0.814. The Morgan fingerprint density at radius 3 is 1.60 bits per heavy atom. The Hall–Kier alpha value is -2.25. The molecule has 3 rings (SSSR count). The molecule has 0 aromatic heterocycles. The minimum absolute atomic E-state index is 0.814. The van der Waals surface area contributed by atoms with Gasteiger partial charge in [-0.25, -0.2) is 0 Å². The monoisotopic (exact) mass is 419 g/mol. The van der Waals surface area contributed by atoms with Gasteiger partial charge in [0.25, 0.3) is 0 Å². The number of halogens is 1. The van der Waals surface area contributed by atoms with E-state index in [9.17, 15) is 0 Å². The largest absolute Gasteiger partial charge is 0.310 e. The molecule has 1 nitrogen and oxygen atoms in total. The van der Waals surface area contributed by atoms with E-state index in [0.29, 0.717) is 0 Å². The standard InChI is InChI=1S/C28H34ClN/c1-5-7-9-23-11-15-25(16-12-23)30(28-20-21(3)19-27(29)22(28)4)26-17-13-24(14-18-26)10-8-6-2/h11-20H,5-10H2,1-4H3. The first-order valence-electron chi connectivity index (χ1n) is 11.3. The third-order valence-electron chi connectivity index (χ3n) is 5.73. The molecule has 0 radical (unpaired) electrons. The van der Waals surface area contributed by atoms with Crippen LogP contribution >= 0.6 is 11.6 Å². The van der Waals surface area contributed by atoms with Crippen LogP contribution < -0.4 is 4.90 Å². The van der Waals surface area contributed by atoms with E-state index in [2.05, 4.69) is 87.2 Å². The van der Waals surface area contributed by atoms with Gasteiger partial charge in [-0.2, -0.15) is 0 Å². The van der Waals surface area contributed by atoms with Gasteiger partial charge in [0.15, 0.2) is 0 Å². The van der Waals surface area contributed by atoms with Gasteiger partial charge < -0.3 is 4.90 Å². The van der Waals surface area contributed by atoms with Crippen molar-refractivity contribution in [1.82, 2.24) is 0 Å². The zero-order chi connectivity index (χ0) is 21.5. The van der Waals surface area contributed by atoms with Gasteiger partial charge >= 0.3 is 0 Å². The van der Waals surface area contributed by atoms with Crippen molar-refractivity contribution in [2.24, 2.45) is 0 Å². The van der Waals surface area contributed by atoms with Crippen molar-refractivity contribution in [2.75, 3.05) is 4.90 Å². The number of rotatable bonds is 9. The summed E-state index contributed by atoms with van der Waals surface area (Å²) in [7, 11) is 0. The summed E-state index contributed by atoms with van der Waals surface area (Å²) in [6.45, 7) is 8.69. The number of unbranched alkanes of at least 4 members (excludes halogenated alkanes) is 2. The van der Waals surface area contributed by atoms with E-state index < -0.39 is 0 Å². The van der Waals surface area contributed by atoms with Crippen LogP contribution in [-0.4, -0.2) is 0 Å². The number of aryl methyl sites for hydroxylation is 3. The molecule has 2 heteroatoms. The normalized spacial score (nSPS) is 11.0. The first-order chi connectivity index (χ1) is 14.5. The first-order valence-corrected chi connectivity index (χ1v) is 11.7. The zero-order valence-electron chi connectivity index (χ0n) is 18.8. The maximum atomic E-state index is 6.58. The van der Waals surface area contributed by atoms with Crippen LogP contribution in [0.5, 0.6) is 0 Å². The molecule has 0 heterocycles. The summed E-state index contributed by atoms with van der Waals surface area (Å²) < 4.78 is 0. The first kappa shape index (κ1) is 22.4. The SMILES string of the molecule is CCCCc1ccc(N(c2ccc(CCCC)cc2)c2cc(C)cc(Cl)c2C)cc1. The predicted molar refractivity (Wildman–Crippen MR) is 133 cm³/mol. The fraction of sp³-hybridized carbons (Fsp3) is 0.357. The molecular weight excluding hydrogens is 386 g/mol. The van der Waals surface area contributed by atoms with E-state index in [1.807, 2.05) is 6.07 Å². The van der Waals surface area contributed by atoms with Gasteiger partial charge in [-0.1, -0.05) is 62.6 Å². The molecule has 0 fully saturated rings. The number of hydrogen-bond donors (Lipinski definition) is 0. The molecule has 0 amide bonds. The Morgan fingerprint density at radius 2 is 1.17 bits per heavy atom. The lowest BCUT2D eigenvalue weighted by molar-refractivity contribution is 0.795. The number of hydrogen-bond acceptors (Lipinski definition) is 1. The minimum atomic E-state index is 0.814. The van der Waals surface area contributed by atoms with Gasteiger partial charge in [0.05, 0.1) is 5.69 Å². The van der Waals surface area contributed by atoms with E-state index in [1.54, 1.807) is 0 Å². The Balaban J connectivity index is 2.03. The number of nitrogens with zero attached hydrogens (tertiary/aromatic N) is 1. The average molecular weight is 420 g/mol. The lowest BCUT2D eigenvalue weighted by Gasteiger charge is -2.28. The van der Waals surface area contributed by atoms with Crippen LogP contribution in [0, 0.1) is 13.8 Å². The number of benzene rings is 3. The third kappa shape index (κ3) is 5.46. The summed E-state index contributed by atoms with van der Waals surface area (Å²) >= 11 is 6.58. The van der Waals surface area contributed by atoms with Crippen molar-refractivity contribution in [3.05, 3.63) is 87.9 Å². The van der Waals surface area contributed by atoms with Crippen LogP contribution in [0.2, 0.25) is 5.02 Å². The lowest BCUT2D eigenvalue weighted by Crippen LogP contribution is -2.12. The molecule has 158 valence electrons. The number of anilines is 3. The van der Waals surface area contributed by atoms with Crippen LogP contribution in [0.15, 0.2) is 60.7 Å². The smallest absolute Gasteiger partial charge is 0.0508 e. The second-order valence-electron chi connectivity index (χ2n) is 8.27. The van der Waals surface area contributed by atoms with Crippen molar-refractivity contribution in [3.63, 3.8) is 0 Å². The highest BCUT2D eigenvalue weighted by molar-refractivity contribution is 6.31. The van der Waals surface area contributed by atoms with Crippen molar-refractivity contribution in [2.45, 2.75) is 66.2 Å². The van der Waals surface area contributed by atoms with Crippen molar-refractivity contribution >= 4 is 28.7 Å². The fourth-order valence-corrected chi connectivity index (χ4v) is 4.11. The van der Waals surface area contributed by atoms with E-state index in [0.717, 1.165) is 29.1 Å². The molecule has 0 saturated carbocycles. The van der Waals surface area contributed by atoms with Crippen LogP contribution in [0.1, 0.15) is 61.8 Å². The summed E-state index contributed by atoms with van der Waals surface area (Å²) in [6.07, 6.45) is 7.18. The lowest BCUT2D eigenvalue weighted by atomic mass is 10.0. The minimum Gasteiger partial charge on any atom is -0.310 e. The van der Waals surface area contributed by atoms with Gasteiger partial charge in [-0.05, 0) is 98.2 Å². The topological polar surface area (TPSA) is 3.24 Å². The molecule has 0 spiro atoms. The maximum absolute atomic E-state index is 6.58. The van der Waals surface area contributed by atoms with Gasteiger partial charge in [0.2, 0.25) is 0 Å². The molecule has 0 aliphatic carbocycles. The Labute approximate surface area is 187 Å². The molecule has 3 aromatic carbocycles. The van der Waals surface area contributed by atoms with Crippen molar-refractivity contribution < 1.29 is 0 Å². The molecule has 0 unspecified atom stereocenters. The Bertz CT molecular complexity index is 890. The van der Waals surface area contributed by atoms with Crippen LogP contribution in [0.3, 0.4) is 0 Å². The van der Waals surface area contributed by atoms with Crippen LogP contribution in [-0.2, 0) is 12.8 Å². The van der Waals surface area contributed by atoms with Crippen LogP contribution in [0.4, 0.5) is 17.1 Å². The Kier molecular flexibility index (Phi) is 7.99. The summed E-state index contributed by atoms with van der Waals surface area (Å²) in [4.78, 5) is 2.33. The highest BCUT2D eigenvalue weighted by atomic mass is 35.5. The van der Waals surface area contributed by atoms with Gasteiger partial charge in [-0.15, -0.1) is 0 Å². The van der Waals surface area contributed by atoms with Gasteiger partial charge in [0, 0.05) is 16.4 Å². The summed E-state index contributed by atoms with van der Waals surface area (Å²) in [5.74, 6) is 0. The quantitative estimate of drug-likeness (QED) is 0.334. The van der Waals surface area contributed by atoms with Crippen molar-refractivity contribution in [3.8, 4) is 0 Å². The molecule has 0 atom stereocenters. The highest BCUT2D eigenvalue weighted by Gasteiger charge is 2.17. The fourth-order valence-electron chi connectivity index (χ4n) is 3.84. The molecule has 0 N–H and O–H groups in total. The van der Waals surface area contributed by atoms with E-state index in [-0.39, 0.29) is 0 Å². The molecule has 0 aliphatic heterocycles. The second-order valence-corrected chi connectivity index (χ2v) is 8.67. The van der Waals surface area contributed by atoms with E-state index in [4.69, 9.17) is 11.6 Å². The average Bonchev–Trinajstić information content (AvgIpc) is 2.76. The van der Waals surface area contributed by atoms with E-state index >= 15 is 0 Å². The maximum Gasteiger partial charge on any atom is 0.0508 e. The van der Waals surface area contributed by atoms with Crippen LogP contribution in [0.25, 0.3) is 0 Å². The van der Waals surface area contributed by atoms with Gasteiger partial charge in [0.1, 0.15) is 0 Å². The third-order valence-corrected chi connectivity index (χ3v) is 6.12. The molecule has 0 saturated heterocycles. The molecule has 30 heavy (non-hydrogen) atoms.